The van der Waals surface area contributed by atoms with E-state index in [1.54, 1.807) is 0 Å². The van der Waals surface area contributed by atoms with E-state index in [9.17, 15) is 5.11 Å². The highest BCUT2D eigenvalue weighted by Crippen LogP contribution is 2.35. The van der Waals surface area contributed by atoms with Crippen LogP contribution in [-0.2, 0) is 9.47 Å². The number of fused-ring (bicyclic) bond motifs is 1. The fraction of sp³-hybridized carbons (Fsp3) is 0.636. The number of nitrogens with one attached hydrogen (secondary N) is 1. The first-order chi connectivity index (χ1) is 15.5. The summed E-state index contributed by atoms with van der Waals surface area (Å²) in [6, 6.07) is 2.41. The van der Waals surface area contributed by atoms with Gasteiger partial charge in [0.2, 0.25) is 5.82 Å². The molecule has 0 radical (unpaired) electrons. The van der Waals surface area contributed by atoms with E-state index in [0.717, 1.165) is 42.5 Å². The van der Waals surface area contributed by atoms with Crippen LogP contribution in [-0.4, -0.2) is 60.1 Å². The summed E-state index contributed by atoms with van der Waals surface area (Å²) in [7, 11) is -2.05. The molecule has 0 spiro atoms. The van der Waals surface area contributed by atoms with E-state index in [1.807, 2.05) is 16.8 Å². The molecule has 5 rings (SSSR count). The Morgan fingerprint density at radius 2 is 2.03 bits per heavy atom. The van der Waals surface area contributed by atoms with E-state index < -0.39 is 14.0 Å². The van der Waals surface area contributed by atoms with Crippen LogP contribution in [0.3, 0.4) is 0 Å². The van der Waals surface area contributed by atoms with Gasteiger partial charge in [-0.25, -0.2) is 9.97 Å². The van der Waals surface area contributed by atoms with Crippen LogP contribution in [0.4, 0.5) is 5.82 Å². The highest BCUT2D eigenvalue weighted by molar-refractivity contribution is 7.44. The quantitative estimate of drug-likeness (QED) is 0.368. The van der Waals surface area contributed by atoms with Crippen molar-refractivity contribution < 1.29 is 24.4 Å². The number of nitrogens with zero attached hydrogens (tertiary/aromatic N) is 3. The van der Waals surface area contributed by atoms with Crippen molar-refractivity contribution in [1.29, 1.82) is 0 Å². The summed E-state index contributed by atoms with van der Waals surface area (Å²) in [6.07, 6.45) is 9.33. The minimum absolute atomic E-state index is 0.0654. The fourth-order valence-corrected chi connectivity index (χ4v) is 4.66. The van der Waals surface area contributed by atoms with Crippen molar-refractivity contribution in [3.05, 3.63) is 18.1 Å². The second-order valence-corrected chi connectivity index (χ2v) is 9.93. The topological polar surface area (TPSA) is 122 Å². The summed E-state index contributed by atoms with van der Waals surface area (Å²) in [4.78, 5) is 27.4. The molecule has 2 atom stereocenters. The van der Waals surface area contributed by atoms with Crippen LogP contribution >= 0.6 is 8.38 Å². The predicted molar refractivity (Wildman–Crippen MR) is 120 cm³/mol. The van der Waals surface area contributed by atoms with Crippen molar-refractivity contribution in [2.75, 3.05) is 18.3 Å². The molecule has 0 bridgehead atoms. The third-order valence-electron chi connectivity index (χ3n) is 6.30. The predicted octanol–water partition coefficient (Wildman–Crippen LogP) is 2.61. The lowest BCUT2D eigenvalue weighted by Crippen LogP contribution is -2.18. The number of hydrogen-bond acceptors (Lipinski definition) is 8. The number of aromatic nitrogens is 3. The van der Waals surface area contributed by atoms with Gasteiger partial charge in [-0.3, -0.25) is 0 Å². The minimum Gasteiger partial charge on any atom is -0.378 e. The second-order valence-electron chi connectivity index (χ2n) is 8.93. The van der Waals surface area contributed by atoms with Crippen LogP contribution < -0.4 is 5.32 Å². The number of hydrogen-bond donors (Lipinski definition) is 4. The van der Waals surface area contributed by atoms with Crippen molar-refractivity contribution in [3.63, 3.8) is 0 Å². The summed E-state index contributed by atoms with van der Waals surface area (Å²) in [5.74, 6) is 7.07. The highest BCUT2D eigenvalue weighted by atomic mass is 31.2. The van der Waals surface area contributed by atoms with Crippen LogP contribution in [0.1, 0.15) is 63.4 Å². The molecular weight excluding hydrogens is 431 g/mol. The molecular formula is C22H29N4O5P. The summed E-state index contributed by atoms with van der Waals surface area (Å²) in [6.45, 7) is 0.328. The molecule has 1 aliphatic heterocycles. The van der Waals surface area contributed by atoms with Gasteiger partial charge >= 0.3 is 0 Å². The Kier molecular flexibility index (Phi) is 6.35. The number of rotatable bonds is 7. The van der Waals surface area contributed by atoms with Gasteiger partial charge in [0.1, 0.15) is 29.6 Å². The van der Waals surface area contributed by atoms with Gasteiger partial charge < -0.3 is 34.3 Å². The highest BCUT2D eigenvalue weighted by Gasteiger charge is 2.38. The molecule has 3 aliphatic rings. The maximum atomic E-state index is 10.1. The van der Waals surface area contributed by atoms with Crippen molar-refractivity contribution >= 4 is 25.2 Å². The lowest BCUT2D eigenvalue weighted by molar-refractivity contribution is -0.0335. The van der Waals surface area contributed by atoms with Crippen molar-refractivity contribution in [2.45, 2.75) is 75.3 Å². The Hall–Kier alpha value is -1.79. The van der Waals surface area contributed by atoms with Crippen molar-refractivity contribution in [1.82, 2.24) is 14.5 Å². The molecule has 2 aromatic heterocycles. The molecule has 10 heteroatoms. The average Bonchev–Trinajstić information content (AvgIpc) is 3.20. The monoisotopic (exact) mass is 460 g/mol. The third-order valence-corrected chi connectivity index (χ3v) is 6.72. The average molecular weight is 460 g/mol. The molecule has 2 aliphatic carbocycles. The van der Waals surface area contributed by atoms with Crippen LogP contribution in [0.25, 0.3) is 11.0 Å². The molecule has 4 N–H and O–H groups in total. The first-order valence-corrected chi connectivity index (χ1v) is 12.7. The van der Waals surface area contributed by atoms with Gasteiger partial charge in [0, 0.05) is 12.2 Å². The van der Waals surface area contributed by atoms with E-state index in [0.29, 0.717) is 31.3 Å². The normalized spacial score (nSPS) is 24.8. The molecule has 2 saturated carbocycles. The molecule has 1 saturated heterocycles. The van der Waals surface area contributed by atoms with Gasteiger partial charge in [0.25, 0.3) is 0 Å². The molecule has 0 amide bonds. The molecule has 32 heavy (non-hydrogen) atoms. The zero-order valence-corrected chi connectivity index (χ0v) is 18.8. The summed E-state index contributed by atoms with van der Waals surface area (Å²) < 4.78 is 13.5. The molecule has 2 unspecified atom stereocenters. The Balaban J connectivity index is 1.40. The zero-order chi connectivity index (χ0) is 22.1. The van der Waals surface area contributed by atoms with E-state index in [-0.39, 0.29) is 18.7 Å². The number of aliphatic hydroxyl groups is 1. The molecule has 3 heterocycles. The Morgan fingerprint density at radius 3 is 2.78 bits per heavy atom. The first-order valence-electron chi connectivity index (χ1n) is 11.3. The van der Waals surface area contributed by atoms with Gasteiger partial charge in [-0.2, -0.15) is 0 Å². The summed E-state index contributed by atoms with van der Waals surface area (Å²) in [5, 5.41) is 14.6. The van der Waals surface area contributed by atoms with E-state index in [2.05, 4.69) is 22.1 Å². The lowest BCUT2D eigenvalue weighted by Gasteiger charge is -2.17. The van der Waals surface area contributed by atoms with Gasteiger partial charge in [0.05, 0.1) is 18.1 Å². The second kappa shape index (κ2) is 9.22. The standard InChI is InChI=1S/C22H29N4O5P/c27-22(10-11-22)9-7-18-24-20(23-15-3-1-2-4-15)17-8-12-26(21(17)25-18)19-6-5-16(31-19)13-30-14-32(28)29/h8,12,15-16,19,27-29H,1-6,10-11,13-14H2,(H,23,24,25). The summed E-state index contributed by atoms with van der Waals surface area (Å²) >= 11 is 0. The smallest absolute Gasteiger partial charge is 0.208 e. The fourth-order valence-electron chi connectivity index (χ4n) is 4.39. The van der Waals surface area contributed by atoms with Crippen LogP contribution in [0, 0.1) is 11.8 Å². The maximum absolute atomic E-state index is 10.1. The van der Waals surface area contributed by atoms with Crippen LogP contribution in [0.5, 0.6) is 0 Å². The van der Waals surface area contributed by atoms with Gasteiger partial charge in [-0.05, 0) is 50.5 Å². The van der Waals surface area contributed by atoms with Crippen molar-refractivity contribution in [2.24, 2.45) is 0 Å². The molecule has 3 fully saturated rings. The molecule has 2 aromatic rings. The van der Waals surface area contributed by atoms with Crippen LogP contribution in [0.15, 0.2) is 12.3 Å². The Morgan fingerprint density at radius 1 is 1.22 bits per heavy atom. The Labute approximate surface area is 188 Å². The van der Waals surface area contributed by atoms with Crippen molar-refractivity contribution in [3.8, 4) is 11.8 Å². The van der Waals surface area contributed by atoms with E-state index >= 15 is 0 Å². The zero-order valence-electron chi connectivity index (χ0n) is 17.9. The van der Waals surface area contributed by atoms with Crippen LogP contribution in [0.2, 0.25) is 0 Å². The third kappa shape index (κ3) is 5.07. The largest absolute Gasteiger partial charge is 0.378 e. The van der Waals surface area contributed by atoms with E-state index in [1.165, 1.54) is 12.8 Å². The van der Waals surface area contributed by atoms with Gasteiger partial charge in [0.15, 0.2) is 8.38 Å². The lowest BCUT2D eigenvalue weighted by atomic mass is 10.2. The number of ether oxygens (including phenoxy) is 2. The SMILES string of the molecule is OP(O)COCC1CCC(n2ccc3c(NC4CCCC4)nc(C#CC4(O)CC4)nc32)O1. The maximum Gasteiger partial charge on any atom is 0.208 e. The summed E-state index contributed by atoms with van der Waals surface area (Å²) in [5.41, 5.74) is -0.127. The molecule has 9 nitrogen and oxygen atoms in total. The minimum atomic E-state index is -2.05. The molecule has 172 valence electrons. The number of anilines is 1. The first kappa shape index (κ1) is 22.0. The van der Waals surface area contributed by atoms with Gasteiger partial charge in [-0.15, -0.1) is 0 Å². The molecule has 0 aromatic carbocycles. The van der Waals surface area contributed by atoms with E-state index in [4.69, 9.17) is 24.2 Å². The van der Waals surface area contributed by atoms with Gasteiger partial charge in [-0.1, -0.05) is 18.8 Å². The Bertz CT molecular complexity index is 1020.